The summed E-state index contributed by atoms with van der Waals surface area (Å²) >= 11 is 6.03. The van der Waals surface area contributed by atoms with Crippen LogP contribution in [0.3, 0.4) is 0 Å². The number of benzene rings is 2. The Morgan fingerprint density at radius 2 is 1.95 bits per heavy atom. The summed E-state index contributed by atoms with van der Waals surface area (Å²) in [6.07, 6.45) is 3.08. The number of halogens is 1. The van der Waals surface area contributed by atoms with E-state index in [0.29, 0.717) is 36.5 Å². The first-order valence-electron chi connectivity index (χ1n) is 13.7. The third-order valence-corrected chi connectivity index (χ3v) is 8.38. The Labute approximate surface area is 244 Å². The number of rotatable bonds is 10. The molecule has 216 valence electrons. The second kappa shape index (κ2) is 12.6. The number of aromatic amines is 1. The molecule has 1 fully saturated rings. The Kier molecular flexibility index (Phi) is 9.18. The van der Waals surface area contributed by atoms with Crippen LogP contribution in [0.25, 0.3) is 11.0 Å². The molecule has 4 N–H and O–H groups in total. The number of fused-ring (bicyclic) bond motifs is 1. The van der Waals surface area contributed by atoms with Gasteiger partial charge in [0.15, 0.2) is 0 Å². The van der Waals surface area contributed by atoms with Gasteiger partial charge in [-0.25, -0.2) is 9.78 Å². The molecule has 4 rings (SSSR count). The van der Waals surface area contributed by atoms with Crippen molar-refractivity contribution >= 4 is 40.5 Å². The Hall–Kier alpha value is -4.10. The number of carbonyl (C=O) groups is 3. The number of hydrogen-bond donors (Lipinski definition) is 4. The molecule has 1 aliphatic heterocycles. The first-order chi connectivity index (χ1) is 19.5. The van der Waals surface area contributed by atoms with E-state index in [0.717, 1.165) is 29.4 Å². The topological polar surface area (TPSA) is 151 Å². The first-order valence-corrected chi connectivity index (χ1v) is 14.1. The SMILES string of the molecule is CC(C)(CCc1ccc2nc[nH]c2c1)[C@](CC1CCCN(C(=O)CC#N)C1)(NC(=O)O)NC(=O)c1ccc(Cl)cc1. The van der Waals surface area contributed by atoms with Crippen molar-refractivity contribution in [2.75, 3.05) is 13.1 Å². The van der Waals surface area contributed by atoms with Crippen LogP contribution in [0.15, 0.2) is 48.8 Å². The summed E-state index contributed by atoms with van der Waals surface area (Å²) in [6.45, 7) is 4.82. The molecule has 41 heavy (non-hydrogen) atoms. The molecule has 2 aromatic carbocycles. The van der Waals surface area contributed by atoms with E-state index >= 15 is 0 Å². The number of carbonyl (C=O) groups excluding carboxylic acids is 2. The van der Waals surface area contributed by atoms with Gasteiger partial charge in [-0.05, 0) is 80.0 Å². The van der Waals surface area contributed by atoms with E-state index in [9.17, 15) is 19.5 Å². The number of aromatic nitrogens is 2. The molecule has 1 aromatic heterocycles. The second-order valence-electron chi connectivity index (χ2n) is 11.3. The summed E-state index contributed by atoms with van der Waals surface area (Å²) in [6, 6.07) is 14.3. The minimum atomic E-state index is -1.38. The van der Waals surface area contributed by atoms with E-state index in [1.807, 2.05) is 38.1 Å². The van der Waals surface area contributed by atoms with E-state index in [4.69, 9.17) is 16.9 Å². The average Bonchev–Trinajstić information content (AvgIpc) is 3.40. The van der Waals surface area contributed by atoms with Gasteiger partial charge in [-0.3, -0.25) is 14.9 Å². The molecular formula is C30H35ClN6O4. The fraction of sp³-hybridized carbons (Fsp3) is 0.433. The molecule has 0 aliphatic carbocycles. The number of hydrogen-bond acceptors (Lipinski definition) is 5. The normalized spacial score (nSPS) is 16.9. The number of nitrogens with zero attached hydrogens (tertiary/aromatic N) is 3. The number of amides is 3. The number of nitrogens with one attached hydrogen (secondary N) is 3. The van der Waals surface area contributed by atoms with Crippen LogP contribution in [0.4, 0.5) is 4.79 Å². The van der Waals surface area contributed by atoms with E-state index in [-0.39, 0.29) is 24.7 Å². The highest BCUT2D eigenvalue weighted by atomic mass is 35.5. The van der Waals surface area contributed by atoms with Gasteiger partial charge in [-0.1, -0.05) is 31.5 Å². The number of aryl methyl sites for hydroxylation is 1. The highest BCUT2D eigenvalue weighted by Gasteiger charge is 2.49. The molecule has 0 bridgehead atoms. The van der Waals surface area contributed by atoms with Gasteiger partial charge in [0.05, 0.1) is 23.4 Å². The Bertz CT molecular complexity index is 1450. The Morgan fingerprint density at radius 3 is 2.66 bits per heavy atom. The van der Waals surface area contributed by atoms with Crippen LogP contribution in [-0.4, -0.2) is 56.6 Å². The maximum absolute atomic E-state index is 13.6. The number of nitriles is 1. The van der Waals surface area contributed by atoms with Crippen molar-refractivity contribution in [3.63, 3.8) is 0 Å². The van der Waals surface area contributed by atoms with Crippen molar-refractivity contribution in [1.29, 1.82) is 5.26 Å². The van der Waals surface area contributed by atoms with Crippen molar-refractivity contribution in [2.24, 2.45) is 11.3 Å². The fourth-order valence-corrected chi connectivity index (χ4v) is 5.80. The molecule has 10 nitrogen and oxygen atoms in total. The third-order valence-electron chi connectivity index (χ3n) is 8.13. The maximum atomic E-state index is 13.6. The summed E-state index contributed by atoms with van der Waals surface area (Å²) in [5.41, 5.74) is 1.03. The molecule has 3 aromatic rings. The van der Waals surface area contributed by atoms with Crippen molar-refractivity contribution in [3.8, 4) is 6.07 Å². The summed E-state index contributed by atoms with van der Waals surface area (Å²) in [4.78, 5) is 47.5. The zero-order chi connectivity index (χ0) is 29.6. The molecule has 0 radical (unpaired) electrons. The van der Waals surface area contributed by atoms with Crippen LogP contribution >= 0.6 is 11.6 Å². The summed E-state index contributed by atoms with van der Waals surface area (Å²) in [5.74, 6) is -0.785. The minimum Gasteiger partial charge on any atom is -0.465 e. The Balaban J connectivity index is 1.66. The first kappa shape index (κ1) is 29.9. The van der Waals surface area contributed by atoms with Crippen LogP contribution < -0.4 is 10.6 Å². The zero-order valence-corrected chi connectivity index (χ0v) is 24.0. The number of H-pyrrole nitrogens is 1. The lowest BCUT2D eigenvalue weighted by Crippen LogP contribution is -2.69. The van der Waals surface area contributed by atoms with Gasteiger partial charge in [-0.15, -0.1) is 0 Å². The largest absolute Gasteiger partial charge is 0.465 e. The summed E-state index contributed by atoms with van der Waals surface area (Å²) in [7, 11) is 0. The minimum absolute atomic E-state index is 0.107. The van der Waals surface area contributed by atoms with Gasteiger partial charge in [0.2, 0.25) is 5.91 Å². The van der Waals surface area contributed by atoms with E-state index in [1.165, 1.54) is 0 Å². The molecule has 2 heterocycles. The van der Waals surface area contributed by atoms with Crippen molar-refractivity contribution in [2.45, 2.75) is 58.0 Å². The van der Waals surface area contributed by atoms with Gasteiger partial charge >= 0.3 is 6.09 Å². The van der Waals surface area contributed by atoms with Gasteiger partial charge < -0.3 is 20.3 Å². The number of imidazole rings is 1. The van der Waals surface area contributed by atoms with Gasteiger partial charge in [-0.2, -0.15) is 5.26 Å². The molecule has 1 aliphatic rings. The lowest BCUT2D eigenvalue weighted by atomic mass is 9.69. The predicted octanol–water partition coefficient (Wildman–Crippen LogP) is 5.11. The molecule has 1 saturated heterocycles. The lowest BCUT2D eigenvalue weighted by Gasteiger charge is -2.50. The van der Waals surface area contributed by atoms with Crippen LogP contribution in [0.5, 0.6) is 0 Å². The summed E-state index contributed by atoms with van der Waals surface area (Å²) < 4.78 is 0. The number of piperidine rings is 1. The maximum Gasteiger partial charge on any atom is 0.406 e. The third kappa shape index (κ3) is 7.16. The molecule has 2 atom stereocenters. The molecule has 1 unspecified atom stereocenters. The van der Waals surface area contributed by atoms with E-state index < -0.39 is 23.1 Å². The highest BCUT2D eigenvalue weighted by Crippen LogP contribution is 2.40. The second-order valence-corrected chi connectivity index (χ2v) is 11.8. The van der Waals surface area contributed by atoms with Crippen molar-refractivity contribution in [3.05, 3.63) is 64.9 Å². The highest BCUT2D eigenvalue weighted by molar-refractivity contribution is 6.30. The lowest BCUT2D eigenvalue weighted by molar-refractivity contribution is -0.132. The molecule has 0 saturated carbocycles. The van der Waals surface area contributed by atoms with Crippen molar-refractivity contribution < 1.29 is 19.5 Å². The fourth-order valence-electron chi connectivity index (χ4n) is 5.68. The van der Waals surface area contributed by atoms with E-state index in [2.05, 4.69) is 20.6 Å². The quantitative estimate of drug-likeness (QED) is 0.245. The smallest absolute Gasteiger partial charge is 0.406 e. The Morgan fingerprint density at radius 1 is 1.20 bits per heavy atom. The van der Waals surface area contributed by atoms with Crippen LogP contribution in [0.1, 0.15) is 61.9 Å². The monoisotopic (exact) mass is 578 g/mol. The summed E-state index contributed by atoms with van der Waals surface area (Å²) in [5, 5.41) is 25.3. The molecule has 0 spiro atoms. The molecule has 3 amide bonds. The van der Waals surface area contributed by atoms with Crippen LogP contribution in [0, 0.1) is 22.7 Å². The van der Waals surface area contributed by atoms with Crippen LogP contribution in [0.2, 0.25) is 5.02 Å². The van der Waals surface area contributed by atoms with Crippen LogP contribution in [-0.2, 0) is 11.2 Å². The predicted molar refractivity (Wildman–Crippen MR) is 155 cm³/mol. The van der Waals surface area contributed by atoms with Gasteiger partial charge in [0.1, 0.15) is 12.1 Å². The number of likely N-dealkylation sites (tertiary alicyclic amines) is 1. The molecular weight excluding hydrogens is 544 g/mol. The molecule has 11 heteroatoms. The zero-order valence-electron chi connectivity index (χ0n) is 23.2. The van der Waals surface area contributed by atoms with Gasteiger partial charge in [0.25, 0.3) is 5.91 Å². The average molecular weight is 579 g/mol. The standard InChI is InChI=1S/C30H35ClN6O4/c1-29(2,13-11-20-5-10-24-25(16-20)34-19-33-24)30(36-28(40)41,35-27(39)22-6-8-23(31)9-7-22)17-21-4-3-15-37(18-21)26(38)12-14-32/h5-10,16,19,21,36H,3-4,11-13,15,17-18H2,1-2H3,(H,33,34)(H,35,39)(H,40,41)/t21?,30-/m0/s1. The van der Waals surface area contributed by atoms with Gasteiger partial charge in [0, 0.05) is 29.1 Å². The number of carboxylic acid groups (broad SMARTS) is 1. The van der Waals surface area contributed by atoms with E-state index in [1.54, 1.807) is 35.5 Å². The van der Waals surface area contributed by atoms with Crippen molar-refractivity contribution in [1.82, 2.24) is 25.5 Å².